The van der Waals surface area contributed by atoms with Gasteiger partial charge in [-0.1, -0.05) is 24.6 Å². The summed E-state index contributed by atoms with van der Waals surface area (Å²) >= 11 is 1.26. The zero-order valence-electron chi connectivity index (χ0n) is 15.8. The van der Waals surface area contributed by atoms with Crippen molar-refractivity contribution in [2.45, 2.75) is 48.6 Å². The number of thioether (sulfide) groups is 1. The Balaban J connectivity index is 1.54. The average molecular weight is 424 g/mol. The van der Waals surface area contributed by atoms with Crippen LogP contribution < -0.4 is 5.32 Å². The van der Waals surface area contributed by atoms with Gasteiger partial charge in [-0.15, -0.1) is 0 Å². The third kappa shape index (κ3) is 5.36. The van der Waals surface area contributed by atoms with E-state index in [1.807, 2.05) is 13.0 Å². The smallest absolute Gasteiger partial charge is 0.244 e. The maximum Gasteiger partial charge on any atom is 0.244 e. The Morgan fingerprint density at radius 2 is 2.00 bits per heavy atom. The van der Waals surface area contributed by atoms with Gasteiger partial charge in [0.05, 0.1) is 23.1 Å². The fourth-order valence-corrected chi connectivity index (χ4v) is 5.18. The van der Waals surface area contributed by atoms with Gasteiger partial charge in [-0.25, -0.2) is 13.4 Å². The molecule has 1 aliphatic rings. The van der Waals surface area contributed by atoms with Crippen molar-refractivity contribution in [1.29, 1.82) is 0 Å². The maximum absolute atomic E-state index is 12.8. The highest BCUT2D eigenvalue weighted by Gasteiger charge is 2.25. The van der Waals surface area contributed by atoms with Crippen LogP contribution in [0.15, 0.2) is 51.1 Å². The predicted octanol–water partition coefficient (Wildman–Crippen LogP) is 3.21. The Bertz CT molecular complexity index is 859. The number of furan rings is 1. The molecule has 1 unspecified atom stereocenters. The number of amides is 1. The van der Waals surface area contributed by atoms with Crippen molar-refractivity contribution in [2.75, 3.05) is 18.8 Å². The van der Waals surface area contributed by atoms with Crippen molar-refractivity contribution in [3.8, 4) is 0 Å². The van der Waals surface area contributed by atoms with E-state index in [1.54, 1.807) is 28.8 Å². The van der Waals surface area contributed by atoms with Crippen LogP contribution in [0.4, 0.5) is 0 Å². The number of carbonyl (C=O) groups is 1. The van der Waals surface area contributed by atoms with E-state index in [1.165, 1.54) is 18.0 Å². The molecule has 2 aromatic rings. The van der Waals surface area contributed by atoms with Crippen molar-refractivity contribution in [3.05, 3.63) is 42.5 Å². The van der Waals surface area contributed by atoms with Crippen LogP contribution in [0.25, 0.3) is 0 Å². The number of nitrogens with zero attached hydrogens (tertiary/aromatic N) is 2. The van der Waals surface area contributed by atoms with Gasteiger partial charge in [-0.3, -0.25) is 4.79 Å². The van der Waals surface area contributed by atoms with Crippen LogP contribution in [0.3, 0.4) is 0 Å². The average Bonchev–Trinajstić information content (AvgIpc) is 3.09. The third-order valence-electron chi connectivity index (χ3n) is 4.61. The summed E-state index contributed by atoms with van der Waals surface area (Å²) in [6.45, 7) is 2.97. The van der Waals surface area contributed by atoms with Crippen LogP contribution in [0.5, 0.6) is 0 Å². The fourth-order valence-electron chi connectivity index (χ4n) is 3.07. The first kappa shape index (κ1) is 20.9. The highest BCUT2D eigenvalue weighted by Crippen LogP contribution is 2.22. The standard InChI is InChI=1S/C19H25N3O4S2/c1-15(17-7-6-12-26-17)21-18(23)14-27-19-9-8-16(13-20-19)28(24,25)22-10-4-2-3-5-11-22/h6-9,12-13,15H,2-5,10-11,14H2,1H3,(H,21,23). The number of sulfonamides is 1. The highest BCUT2D eigenvalue weighted by atomic mass is 32.2. The zero-order chi connectivity index (χ0) is 20.0. The number of nitrogens with one attached hydrogen (secondary N) is 1. The van der Waals surface area contributed by atoms with E-state index in [0.29, 0.717) is 23.9 Å². The van der Waals surface area contributed by atoms with Gasteiger partial charge >= 0.3 is 0 Å². The minimum Gasteiger partial charge on any atom is -0.467 e. The van der Waals surface area contributed by atoms with Crippen LogP contribution in [0, 0.1) is 0 Å². The molecule has 28 heavy (non-hydrogen) atoms. The molecule has 3 rings (SSSR count). The first-order chi connectivity index (χ1) is 13.5. The van der Waals surface area contributed by atoms with Crippen LogP contribution in [-0.2, 0) is 14.8 Å². The lowest BCUT2D eigenvalue weighted by atomic mass is 10.2. The quantitative estimate of drug-likeness (QED) is 0.688. The van der Waals surface area contributed by atoms with Crippen molar-refractivity contribution in [2.24, 2.45) is 0 Å². The second-order valence-corrected chi connectivity index (χ2v) is 9.68. The van der Waals surface area contributed by atoms with Gasteiger partial charge in [0.25, 0.3) is 0 Å². The normalized spacial score (nSPS) is 17.0. The molecule has 9 heteroatoms. The summed E-state index contributed by atoms with van der Waals surface area (Å²) in [7, 11) is -3.50. The Hall–Kier alpha value is -1.84. The van der Waals surface area contributed by atoms with E-state index in [-0.39, 0.29) is 22.6 Å². The van der Waals surface area contributed by atoms with E-state index in [2.05, 4.69) is 10.3 Å². The molecule has 1 atom stereocenters. The molecular formula is C19H25N3O4S2. The van der Waals surface area contributed by atoms with Crippen molar-refractivity contribution in [3.63, 3.8) is 0 Å². The largest absolute Gasteiger partial charge is 0.467 e. The predicted molar refractivity (Wildman–Crippen MR) is 107 cm³/mol. The van der Waals surface area contributed by atoms with Crippen molar-refractivity contribution in [1.82, 2.24) is 14.6 Å². The van der Waals surface area contributed by atoms with Crippen molar-refractivity contribution >= 4 is 27.7 Å². The first-order valence-corrected chi connectivity index (χ1v) is 11.8. The minimum absolute atomic E-state index is 0.142. The molecule has 0 spiro atoms. The summed E-state index contributed by atoms with van der Waals surface area (Å²) in [4.78, 5) is 16.5. The van der Waals surface area contributed by atoms with E-state index >= 15 is 0 Å². The molecule has 0 aromatic carbocycles. The summed E-state index contributed by atoms with van der Waals surface area (Å²) in [5.74, 6) is 0.743. The second kappa shape index (κ2) is 9.58. The van der Waals surface area contributed by atoms with Gasteiger partial charge in [-0.05, 0) is 44.0 Å². The van der Waals surface area contributed by atoms with E-state index in [0.717, 1.165) is 25.7 Å². The van der Waals surface area contributed by atoms with Gasteiger partial charge in [-0.2, -0.15) is 4.31 Å². The molecule has 1 fully saturated rings. The summed E-state index contributed by atoms with van der Waals surface area (Å²) in [6, 6.07) is 6.59. The Morgan fingerprint density at radius 1 is 1.25 bits per heavy atom. The monoisotopic (exact) mass is 423 g/mol. The maximum atomic E-state index is 12.8. The molecular weight excluding hydrogens is 398 g/mol. The summed E-state index contributed by atoms with van der Waals surface area (Å²) in [5, 5.41) is 3.46. The van der Waals surface area contributed by atoms with Crippen LogP contribution in [-0.4, -0.2) is 42.5 Å². The summed E-state index contributed by atoms with van der Waals surface area (Å²) in [5.41, 5.74) is 0. The lowest BCUT2D eigenvalue weighted by molar-refractivity contribution is -0.119. The van der Waals surface area contributed by atoms with Gasteiger partial charge in [0.1, 0.15) is 10.7 Å². The molecule has 1 saturated heterocycles. The lowest BCUT2D eigenvalue weighted by Crippen LogP contribution is -2.32. The van der Waals surface area contributed by atoms with E-state index < -0.39 is 10.0 Å². The van der Waals surface area contributed by atoms with E-state index in [4.69, 9.17) is 4.42 Å². The lowest BCUT2D eigenvalue weighted by Gasteiger charge is -2.19. The Kier molecular flexibility index (Phi) is 7.14. The highest BCUT2D eigenvalue weighted by molar-refractivity contribution is 7.99. The molecule has 0 saturated carbocycles. The zero-order valence-corrected chi connectivity index (χ0v) is 17.5. The molecule has 1 N–H and O–H groups in total. The van der Waals surface area contributed by atoms with Gasteiger partial charge in [0.2, 0.25) is 15.9 Å². The molecule has 0 bridgehead atoms. The number of rotatable bonds is 7. The van der Waals surface area contributed by atoms with Gasteiger partial charge in [0, 0.05) is 19.3 Å². The van der Waals surface area contributed by atoms with Crippen LogP contribution >= 0.6 is 11.8 Å². The number of hydrogen-bond donors (Lipinski definition) is 1. The molecule has 1 aliphatic heterocycles. The first-order valence-electron chi connectivity index (χ1n) is 9.38. The summed E-state index contributed by atoms with van der Waals surface area (Å²) < 4.78 is 32.3. The van der Waals surface area contributed by atoms with E-state index in [9.17, 15) is 13.2 Å². The Labute approximate surface area is 170 Å². The number of pyridine rings is 1. The molecule has 3 heterocycles. The number of aromatic nitrogens is 1. The molecule has 1 amide bonds. The third-order valence-corrected chi connectivity index (χ3v) is 7.44. The molecule has 0 radical (unpaired) electrons. The number of hydrogen-bond acceptors (Lipinski definition) is 6. The van der Waals surface area contributed by atoms with Gasteiger partial charge < -0.3 is 9.73 Å². The molecule has 0 aliphatic carbocycles. The fraction of sp³-hybridized carbons (Fsp3) is 0.474. The molecule has 2 aromatic heterocycles. The number of carbonyl (C=O) groups excluding carboxylic acids is 1. The second-order valence-electron chi connectivity index (χ2n) is 6.74. The SMILES string of the molecule is CC(NC(=O)CSc1ccc(S(=O)(=O)N2CCCCCC2)cn1)c1ccco1. The molecule has 7 nitrogen and oxygen atoms in total. The van der Waals surface area contributed by atoms with Crippen LogP contribution in [0.1, 0.15) is 44.4 Å². The topological polar surface area (TPSA) is 92.5 Å². The molecule has 152 valence electrons. The summed E-state index contributed by atoms with van der Waals surface area (Å²) in [6.07, 6.45) is 6.88. The van der Waals surface area contributed by atoms with Crippen molar-refractivity contribution < 1.29 is 17.6 Å². The van der Waals surface area contributed by atoms with Crippen LogP contribution in [0.2, 0.25) is 0 Å². The minimum atomic E-state index is -3.50. The van der Waals surface area contributed by atoms with Gasteiger partial charge in [0.15, 0.2) is 0 Å². The Morgan fingerprint density at radius 3 is 2.61 bits per heavy atom.